The molecular formula is C2H30GdO16P2+5. The van der Waals surface area contributed by atoms with Gasteiger partial charge in [-0.05, 0) is 0 Å². The smallest absolute Gasteiger partial charge is 0.412 e. The van der Waals surface area contributed by atoms with Crippen molar-refractivity contribution >= 4 is 15.9 Å². The second kappa shape index (κ2) is 37.6. The van der Waals surface area contributed by atoms with Crippen LogP contribution in [0.2, 0.25) is 0 Å². The van der Waals surface area contributed by atoms with Gasteiger partial charge >= 0.3 is 55.8 Å². The summed E-state index contributed by atoms with van der Waals surface area (Å²) in [5.74, 6) is 0. The summed E-state index contributed by atoms with van der Waals surface area (Å²) in [6.45, 7) is 0. The summed E-state index contributed by atoms with van der Waals surface area (Å²) in [6.07, 6.45) is -1.19. The van der Waals surface area contributed by atoms with Crippen molar-refractivity contribution in [2.75, 3.05) is 12.3 Å². The molecule has 147 valence electrons. The summed E-state index contributed by atoms with van der Waals surface area (Å²) in [6, 6.07) is 0. The number of hydrogen-bond donors (Lipinski definition) is 6. The SMILES string of the molecule is O.O.O.O.O.O.O.O.O.O.O[P+](O)(O)CC[P+](O)(O)O.[Gd+3]. The largest absolute Gasteiger partial charge is 3.00 e. The van der Waals surface area contributed by atoms with Crippen molar-refractivity contribution < 1.29 is 124 Å². The maximum Gasteiger partial charge on any atom is 3.00 e. The molecule has 0 aliphatic carbocycles. The number of hydrogen-bond acceptors (Lipinski definition) is 6. The molecule has 0 unspecified atom stereocenters. The van der Waals surface area contributed by atoms with Crippen molar-refractivity contribution in [3.8, 4) is 0 Å². The molecule has 16 nitrogen and oxygen atoms in total. The maximum atomic E-state index is 8.29. The summed E-state index contributed by atoms with van der Waals surface area (Å²) in [7, 11) is -7.93. The average Bonchev–Trinajstić information content (AvgIpc) is 1.57. The minimum absolute atomic E-state index is 0. The fraction of sp³-hybridized carbons (Fsp3) is 1.00. The minimum atomic E-state index is -3.96. The van der Waals surface area contributed by atoms with E-state index < -0.39 is 28.2 Å². The van der Waals surface area contributed by atoms with Crippen LogP contribution in [0, 0.1) is 39.9 Å². The van der Waals surface area contributed by atoms with Crippen molar-refractivity contribution in [2.24, 2.45) is 0 Å². The van der Waals surface area contributed by atoms with E-state index in [-0.39, 0.29) is 94.7 Å². The fourth-order valence-electron chi connectivity index (χ4n) is 0.268. The van der Waals surface area contributed by atoms with Crippen LogP contribution in [0.1, 0.15) is 0 Å². The van der Waals surface area contributed by atoms with E-state index in [4.69, 9.17) is 29.4 Å². The van der Waals surface area contributed by atoms with Crippen LogP contribution in [0.15, 0.2) is 0 Å². The zero-order valence-corrected chi connectivity index (χ0v) is 14.4. The van der Waals surface area contributed by atoms with Gasteiger partial charge in [-0.1, -0.05) is 0 Å². The van der Waals surface area contributed by atoms with Crippen LogP contribution in [-0.2, 0) is 0 Å². The van der Waals surface area contributed by atoms with Crippen molar-refractivity contribution in [3.05, 3.63) is 0 Å². The quantitative estimate of drug-likeness (QED) is 0.192. The predicted octanol–water partition coefficient (Wildman–Crippen LogP) is -9.78. The van der Waals surface area contributed by atoms with Gasteiger partial charge in [0.15, 0.2) is 12.3 Å². The molecule has 0 saturated heterocycles. The Hall–Kier alpha value is 1.54. The van der Waals surface area contributed by atoms with Gasteiger partial charge in [0.05, 0.1) is 0 Å². The molecular weight excluding hydrogens is 499 g/mol. The Bertz CT molecular complexity index is 97.8. The van der Waals surface area contributed by atoms with Gasteiger partial charge in [0.2, 0.25) is 0 Å². The molecule has 0 rings (SSSR count). The molecule has 0 heterocycles. The minimum Gasteiger partial charge on any atom is -0.412 e. The molecule has 0 fully saturated rings. The van der Waals surface area contributed by atoms with E-state index in [9.17, 15) is 0 Å². The first-order chi connectivity index (χ1) is 4.21. The van der Waals surface area contributed by atoms with Crippen molar-refractivity contribution in [1.82, 2.24) is 0 Å². The molecule has 0 bridgehead atoms. The number of rotatable bonds is 3. The first-order valence-corrected chi connectivity index (χ1v) is 6.00. The second-order valence-corrected chi connectivity index (χ2v) is 5.50. The first kappa shape index (κ1) is 94.1. The molecule has 0 saturated carbocycles. The molecule has 1 radical (unpaired) electrons. The molecule has 0 aromatic carbocycles. The zero-order chi connectivity index (χ0) is 8.41. The maximum absolute atomic E-state index is 8.29. The van der Waals surface area contributed by atoms with Gasteiger partial charge in [-0.3, -0.25) is 0 Å². The van der Waals surface area contributed by atoms with Crippen molar-refractivity contribution in [1.29, 1.82) is 0 Å². The summed E-state index contributed by atoms with van der Waals surface area (Å²) >= 11 is 0. The van der Waals surface area contributed by atoms with Gasteiger partial charge in [-0.2, -0.15) is 29.4 Å². The monoisotopic (exact) mass is 530 g/mol. The van der Waals surface area contributed by atoms with Crippen LogP contribution in [0.4, 0.5) is 0 Å². The third-order valence-electron chi connectivity index (χ3n) is 0.700. The van der Waals surface area contributed by atoms with Gasteiger partial charge in [-0.25, -0.2) is 0 Å². The van der Waals surface area contributed by atoms with E-state index in [1.165, 1.54) is 0 Å². The molecule has 19 heteroatoms. The summed E-state index contributed by atoms with van der Waals surface area (Å²) in [4.78, 5) is 49.7. The van der Waals surface area contributed by atoms with E-state index in [1.807, 2.05) is 0 Å². The van der Waals surface area contributed by atoms with E-state index in [0.717, 1.165) is 0 Å². The Kier molecular flexibility index (Phi) is 169. The third-order valence-corrected chi connectivity index (χ3v) is 2.70. The molecule has 21 heavy (non-hydrogen) atoms. The Morgan fingerprint density at radius 3 is 0.524 bits per heavy atom. The second-order valence-electron chi connectivity index (χ2n) is 1.83. The van der Waals surface area contributed by atoms with Crippen molar-refractivity contribution in [2.45, 2.75) is 0 Å². The molecule has 0 aromatic rings. The molecule has 0 aromatic heterocycles. The zero-order valence-electron chi connectivity index (χ0n) is 10.3. The topological polar surface area (TPSA) is 436 Å². The van der Waals surface area contributed by atoms with Crippen LogP contribution >= 0.6 is 15.9 Å². The van der Waals surface area contributed by atoms with Crippen molar-refractivity contribution in [3.63, 3.8) is 0 Å². The Morgan fingerprint density at radius 1 is 0.381 bits per heavy atom. The first-order valence-electron chi connectivity index (χ1n) is 2.33. The van der Waals surface area contributed by atoms with Gasteiger partial charge < -0.3 is 54.8 Å². The molecule has 0 atom stereocenters. The standard InChI is InChI=1S/C2H10O6P2.Gd.10H2O/c3-9(4,5)1-2-10(6,7)8;;;;;;;;;;;/h3-8H,1-2H2;;10*1H2/q+2;+3;;;;;;;;;;. The Labute approximate surface area is 152 Å². The van der Waals surface area contributed by atoms with Gasteiger partial charge in [0, 0.05) is 0 Å². The van der Waals surface area contributed by atoms with Crippen LogP contribution in [0.3, 0.4) is 0 Å². The van der Waals surface area contributed by atoms with Gasteiger partial charge in [0.1, 0.15) is 0 Å². The Morgan fingerprint density at radius 2 is 0.476 bits per heavy atom. The normalized spacial score (nSPS) is 6.57. The summed E-state index contributed by atoms with van der Waals surface area (Å²) in [5.41, 5.74) is 0. The molecule has 0 aliphatic heterocycles. The summed E-state index contributed by atoms with van der Waals surface area (Å²) in [5, 5.41) is 0. The van der Waals surface area contributed by atoms with E-state index >= 15 is 0 Å². The van der Waals surface area contributed by atoms with Gasteiger partial charge in [0.25, 0.3) is 0 Å². The third kappa shape index (κ3) is 113. The van der Waals surface area contributed by atoms with Gasteiger partial charge in [-0.15, -0.1) is 0 Å². The Balaban J connectivity index is -0.00000000736. The van der Waals surface area contributed by atoms with E-state index in [0.29, 0.717) is 0 Å². The molecule has 26 N–H and O–H groups in total. The fourth-order valence-corrected chi connectivity index (χ4v) is 2.41. The molecule has 0 spiro atoms. The van der Waals surface area contributed by atoms with Crippen LogP contribution < -0.4 is 0 Å². The van der Waals surface area contributed by atoms with Crippen LogP contribution in [-0.4, -0.2) is 96.4 Å². The summed E-state index contributed by atoms with van der Waals surface area (Å²) < 4.78 is 0. The average molecular weight is 529 g/mol. The van der Waals surface area contributed by atoms with Crippen LogP contribution in [0.5, 0.6) is 0 Å². The van der Waals surface area contributed by atoms with Crippen LogP contribution in [0.25, 0.3) is 0 Å². The molecule has 0 aliphatic rings. The molecule has 0 amide bonds. The predicted molar refractivity (Wildman–Crippen MR) is 73.0 cm³/mol. The van der Waals surface area contributed by atoms with E-state index in [1.54, 1.807) is 0 Å². The van der Waals surface area contributed by atoms with E-state index in [2.05, 4.69) is 0 Å².